The highest BCUT2D eigenvalue weighted by Gasteiger charge is 2.26. The SMILES string of the molecule is O=C(C[NH+]1CCN(c2ccnc(Nc3ncc(-c4cccnc4)s3)c2)CC1)N1CCOCC1. The Morgan fingerprint density at radius 3 is 2.73 bits per heavy atom. The molecular formula is C23H28N7O2S+. The minimum absolute atomic E-state index is 0.242. The molecule has 0 aliphatic carbocycles. The van der Waals surface area contributed by atoms with Crippen LogP contribution in [0.3, 0.4) is 0 Å². The average molecular weight is 467 g/mol. The van der Waals surface area contributed by atoms with Gasteiger partial charge in [-0.05, 0) is 12.1 Å². The fourth-order valence-electron chi connectivity index (χ4n) is 4.16. The summed E-state index contributed by atoms with van der Waals surface area (Å²) >= 11 is 1.58. The number of pyridine rings is 2. The van der Waals surface area contributed by atoms with Gasteiger partial charge in [0.05, 0.1) is 44.3 Å². The average Bonchev–Trinajstić information content (AvgIpc) is 3.34. The van der Waals surface area contributed by atoms with Crippen molar-refractivity contribution in [2.24, 2.45) is 0 Å². The number of piperazine rings is 1. The van der Waals surface area contributed by atoms with Crippen molar-refractivity contribution in [2.75, 3.05) is 69.2 Å². The first-order valence-electron chi connectivity index (χ1n) is 11.3. The normalized spacial score (nSPS) is 17.2. The zero-order chi connectivity index (χ0) is 22.5. The van der Waals surface area contributed by atoms with E-state index in [4.69, 9.17) is 4.74 Å². The van der Waals surface area contributed by atoms with Crippen LogP contribution in [0.1, 0.15) is 0 Å². The third-order valence-electron chi connectivity index (χ3n) is 6.03. The van der Waals surface area contributed by atoms with Gasteiger partial charge in [0.2, 0.25) is 0 Å². The van der Waals surface area contributed by atoms with Crippen molar-refractivity contribution in [3.63, 3.8) is 0 Å². The van der Waals surface area contributed by atoms with Gasteiger partial charge in [-0.1, -0.05) is 17.4 Å². The summed E-state index contributed by atoms with van der Waals surface area (Å²) in [6, 6.07) is 8.06. The molecule has 5 heterocycles. The summed E-state index contributed by atoms with van der Waals surface area (Å²) < 4.78 is 5.35. The Bertz CT molecular complexity index is 1060. The minimum atomic E-state index is 0.242. The zero-order valence-corrected chi connectivity index (χ0v) is 19.3. The molecule has 0 spiro atoms. The van der Waals surface area contributed by atoms with Gasteiger partial charge in [-0.25, -0.2) is 9.97 Å². The van der Waals surface area contributed by atoms with E-state index in [1.807, 2.05) is 41.7 Å². The fourth-order valence-corrected chi connectivity index (χ4v) is 4.98. The maximum atomic E-state index is 12.5. The summed E-state index contributed by atoms with van der Waals surface area (Å²) in [7, 11) is 0. The molecule has 2 saturated heterocycles. The Kier molecular flexibility index (Phi) is 6.75. The van der Waals surface area contributed by atoms with Gasteiger partial charge in [-0.15, -0.1) is 0 Å². The quantitative estimate of drug-likeness (QED) is 0.558. The van der Waals surface area contributed by atoms with E-state index < -0.39 is 0 Å². The van der Waals surface area contributed by atoms with E-state index in [9.17, 15) is 4.79 Å². The van der Waals surface area contributed by atoms with Crippen LogP contribution in [0.25, 0.3) is 10.4 Å². The summed E-state index contributed by atoms with van der Waals surface area (Å²) in [6.45, 7) is 7.03. The lowest BCUT2D eigenvalue weighted by molar-refractivity contribution is -0.892. The number of amides is 1. The second-order valence-electron chi connectivity index (χ2n) is 8.20. The van der Waals surface area contributed by atoms with E-state index in [0.29, 0.717) is 32.8 Å². The predicted molar refractivity (Wildman–Crippen MR) is 128 cm³/mol. The molecule has 0 atom stereocenters. The maximum absolute atomic E-state index is 12.5. The monoisotopic (exact) mass is 466 g/mol. The molecule has 2 aliphatic rings. The largest absolute Gasteiger partial charge is 0.378 e. The second-order valence-corrected chi connectivity index (χ2v) is 9.23. The van der Waals surface area contributed by atoms with Gasteiger partial charge in [0.25, 0.3) is 5.91 Å². The van der Waals surface area contributed by atoms with Gasteiger partial charge in [0, 0.05) is 55.2 Å². The molecule has 2 aliphatic heterocycles. The van der Waals surface area contributed by atoms with Crippen LogP contribution in [0.15, 0.2) is 49.1 Å². The molecule has 2 N–H and O–H groups in total. The maximum Gasteiger partial charge on any atom is 0.277 e. The van der Waals surface area contributed by atoms with Gasteiger partial charge < -0.3 is 24.8 Å². The van der Waals surface area contributed by atoms with Crippen molar-refractivity contribution in [1.82, 2.24) is 19.9 Å². The number of carbonyl (C=O) groups is 1. The number of aromatic nitrogens is 3. The summed E-state index contributed by atoms with van der Waals surface area (Å²) in [6.07, 6.45) is 7.29. The van der Waals surface area contributed by atoms with E-state index in [0.717, 1.165) is 53.3 Å². The number of hydrogen-bond donors (Lipinski definition) is 2. The number of rotatable bonds is 6. The number of nitrogens with zero attached hydrogens (tertiary/aromatic N) is 5. The first-order valence-corrected chi connectivity index (χ1v) is 12.1. The van der Waals surface area contributed by atoms with Crippen molar-refractivity contribution < 1.29 is 14.4 Å². The number of carbonyl (C=O) groups excluding carboxylic acids is 1. The van der Waals surface area contributed by atoms with E-state index in [-0.39, 0.29) is 5.91 Å². The lowest BCUT2D eigenvalue weighted by atomic mass is 10.2. The zero-order valence-electron chi connectivity index (χ0n) is 18.4. The van der Waals surface area contributed by atoms with E-state index in [1.54, 1.807) is 17.5 Å². The minimum Gasteiger partial charge on any atom is -0.378 e. The van der Waals surface area contributed by atoms with Crippen LogP contribution in [0.2, 0.25) is 0 Å². The van der Waals surface area contributed by atoms with E-state index in [2.05, 4.69) is 31.2 Å². The van der Waals surface area contributed by atoms with Gasteiger partial charge in [0.1, 0.15) is 5.82 Å². The van der Waals surface area contributed by atoms with Crippen molar-refractivity contribution in [1.29, 1.82) is 0 Å². The highest BCUT2D eigenvalue weighted by Crippen LogP contribution is 2.30. The molecule has 1 amide bonds. The molecule has 3 aromatic rings. The lowest BCUT2D eigenvalue weighted by Gasteiger charge is -2.35. The Balaban J connectivity index is 1.16. The molecule has 9 nitrogen and oxygen atoms in total. The number of hydrogen-bond acceptors (Lipinski definition) is 8. The van der Waals surface area contributed by atoms with Crippen LogP contribution in [0.4, 0.5) is 16.6 Å². The Morgan fingerprint density at radius 2 is 1.94 bits per heavy atom. The molecule has 10 heteroatoms. The van der Waals surface area contributed by atoms with Crippen LogP contribution in [0, 0.1) is 0 Å². The molecule has 0 bridgehead atoms. The van der Waals surface area contributed by atoms with E-state index in [1.165, 1.54) is 4.90 Å². The number of ether oxygens (including phenoxy) is 1. The molecule has 0 radical (unpaired) electrons. The lowest BCUT2D eigenvalue weighted by Crippen LogP contribution is -3.16. The predicted octanol–water partition coefficient (Wildman–Crippen LogP) is 0.907. The van der Waals surface area contributed by atoms with Crippen LogP contribution in [-0.4, -0.2) is 84.8 Å². The highest BCUT2D eigenvalue weighted by atomic mass is 32.1. The van der Waals surface area contributed by atoms with Crippen LogP contribution < -0.4 is 15.1 Å². The van der Waals surface area contributed by atoms with Crippen molar-refractivity contribution in [3.8, 4) is 10.4 Å². The van der Waals surface area contributed by atoms with Gasteiger partial charge >= 0.3 is 0 Å². The van der Waals surface area contributed by atoms with Crippen molar-refractivity contribution in [2.45, 2.75) is 0 Å². The number of quaternary nitrogens is 1. The Morgan fingerprint density at radius 1 is 1.09 bits per heavy atom. The van der Waals surface area contributed by atoms with Gasteiger partial charge in [-0.3, -0.25) is 9.78 Å². The smallest absolute Gasteiger partial charge is 0.277 e. The van der Waals surface area contributed by atoms with Gasteiger partial charge in [-0.2, -0.15) is 0 Å². The topological polar surface area (TPSA) is 87.9 Å². The van der Waals surface area contributed by atoms with Crippen molar-refractivity contribution >= 4 is 33.9 Å². The third-order valence-corrected chi connectivity index (χ3v) is 6.99. The molecule has 3 aromatic heterocycles. The van der Waals surface area contributed by atoms with Crippen LogP contribution in [0.5, 0.6) is 0 Å². The fraction of sp³-hybridized carbons (Fsp3) is 0.391. The molecular weight excluding hydrogens is 438 g/mol. The molecule has 0 saturated carbocycles. The molecule has 2 fully saturated rings. The summed E-state index contributed by atoms with van der Waals surface area (Å²) in [5.74, 6) is 1.02. The Hall–Kier alpha value is -3.08. The first-order chi connectivity index (χ1) is 16.2. The molecule has 33 heavy (non-hydrogen) atoms. The van der Waals surface area contributed by atoms with Crippen LogP contribution in [-0.2, 0) is 9.53 Å². The molecule has 0 unspecified atom stereocenters. The summed E-state index contributed by atoms with van der Waals surface area (Å²) in [5.41, 5.74) is 2.19. The summed E-state index contributed by atoms with van der Waals surface area (Å²) in [5, 5.41) is 4.13. The molecule has 172 valence electrons. The van der Waals surface area contributed by atoms with Crippen molar-refractivity contribution in [3.05, 3.63) is 49.1 Å². The van der Waals surface area contributed by atoms with Gasteiger partial charge in [0.15, 0.2) is 11.7 Å². The molecule has 0 aromatic carbocycles. The summed E-state index contributed by atoms with van der Waals surface area (Å²) in [4.78, 5) is 32.4. The number of morpholine rings is 1. The number of anilines is 3. The molecule has 5 rings (SSSR count). The number of thiazole rings is 1. The first kappa shape index (κ1) is 21.7. The number of nitrogens with one attached hydrogen (secondary N) is 2. The Labute approximate surface area is 197 Å². The highest BCUT2D eigenvalue weighted by molar-refractivity contribution is 7.18. The third kappa shape index (κ3) is 5.47. The van der Waals surface area contributed by atoms with E-state index >= 15 is 0 Å². The van der Waals surface area contributed by atoms with Crippen LogP contribution >= 0.6 is 11.3 Å². The second kappa shape index (κ2) is 10.2. The standard InChI is InChI=1S/C23H27N7O2S/c31-22(30-10-12-32-13-11-30)17-28-6-8-29(9-7-28)19-3-5-25-21(14-19)27-23-26-16-20(33-23)18-2-1-4-24-15-18/h1-5,14-16H,6-13,17H2,(H,25,26,27)/p+1.